The van der Waals surface area contributed by atoms with Gasteiger partial charge in [0, 0.05) is 6.92 Å². The van der Waals surface area contributed by atoms with Gasteiger partial charge < -0.3 is 30.3 Å². The van der Waals surface area contributed by atoms with Crippen molar-refractivity contribution in [1.29, 1.82) is 0 Å². The van der Waals surface area contributed by atoms with Crippen molar-refractivity contribution in [2.75, 3.05) is 6.61 Å². The maximum absolute atomic E-state index is 11.3. The molecule has 1 fully saturated rings. The molecule has 0 bridgehead atoms. The van der Waals surface area contributed by atoms with E-state index >= 15 is 0 Å². The SMILES string of the molecule is CC(=O)OOC(=O)CC1(O)O[C@H](CO)[C@@H](O)[C@H](O)[C@H]1O. The molecule has 0 aromatic heterocycles. The van der Waals surface area contributed by atoms with Crippen LogP contribution in [0, 0.1) is 0 Å². The summed E-state index contributed by atoms with van der Waals surface area (Å²) in [4.78, 5) is 29.7. The van der Waals surface area contributed by atoms with E-state index in [2.05, 4.69) is 9.78 Å². The summed E-state index contributed by atoms with van der Waals surface area (Å²) in [5.74, 6) is -4.79. The minimum absolute atomic E-state index is 0.772. The maximum atomic E-state index is 11.3. The van der Waals surface area contributed by atoms with Gasteiger partial charge in [0.25, 0.3) is 0 Å². The van der Waals surface area contributed by atoms with Gasteiger partial charge in [-0.3, -0.25) is 0 Å². The number of aliphatic hydroxyl groups excluding tert-OH is 4. The highest BCUT2D eigenvalue weighted by atomic mass is 17.2. The molecule has 0 aromatic rings. The topological polar surface area (TPSA) is 163 Å². The predicted molar refractivity (Wildman–Crippen MR) is 57.4 cm³/mol. The van der Waals surface area contributed by atoms with E-state index in [4.69, 9.17) is 9.84 Å². The number of ether oxygens (including phenoxy) is 1. The normalized spacial score (nSPS) is 37.3. The van der Waals surface area contributed by atoms with Crippen LogP contribution in [0.25, 0.3) is 0 Å². The Balaban J connectivity index is 2.74. The minimum atomic E-state index is -2.61. The summed E-state index contributed by atoms with van der Waals surface area (Å²) in [5.41, 5.74) is 0. The van der Waals surface area contributed by atoms with E-state index in [1.54, 1.807) is 0 Å². The lowest BCUT2D eigenvalue weighted by Gasteiger charge is -2.44. The molecule has 0 aromatic carbocycles. The van der Waals surface area contributed by atoms with Crippen LogP contribution in [0.2, 0.25) is 0 Å². The first-order chi connectivity index (χ1) is 9.21. The quantitative estimate of drug-likeness (QED) is 0.261. The molecule has 1 rings (SSSR count). The van der Waals surface area contributed by atoms with Crippen LogP contribution >= 0.6 is 0 Å². The van der Waals surface area contributed by atoms with Crippen molar-refractivity contribution in [3.05, 3.63) is 0 Å². The largest absolute Gasteiger partial charge is 0.394 e. The molecule has 20 heavy (non-hydrogen) atoms. The van der Waals surface area contributed by atoms with E-state index in [0.29, 0.717) is 0 Å². The van der Waals surface area contributed by atoms with Gasteiger partial charge in [0.2, 0.25) is 5.79 Å². The molecule has 10 heteroatoms. The zero-order valence-corrected chi connectivity index (χ0v) is 10.5. The molecular formula is C10H16O10. The number of carbonyl (C=O) groups excluding carboxylic acids is 2. The third-order valence-corrected chi connectivity index (χ3v) is 2.70. The van der Waals surface area contributed by atoms with Gasteiger partial charge in [0.15, 0.2) is 0 Å². The number of carbonyl (C=O) groups is 2. The van der Waals surface area contributed by atoms with Crippen molar-refractivity contribution in [3.8, 4) is 0 Å². The number of hydrogen-bond acceptors (Lipinski definition) is 10. The highest BCUT2D eigenvalue weighted by Crippen LogP contribution is 2.31. The van der Waals surface area contributed by atoms with Crippen LogP contribution in [0.5, 0.6) is 0 Å². The van der Waals surface area contributed by atoms with Gasteiger partial charge in [-0.15, -0.1) is 0 Å². The second-order valence-electron chi connectivity index (χ2n) is 4.32. The van der Waals surface area contributed by atoms with Gasteiger partial charge in [-0.05, 0) is 0 Å². The van der Waals surface area contributed by atoms with Crippen LogP contribution in [0.4, 0.5) is 0 Å². The average Bonchev–Trinajstić information content (AvgIpc) is 2.38. The Bertz CT molecular complexity index is 369. The van der Waals surface area contributed by atoms with E-state index in [1.165, 1.54) is 0 Å². The molecule has 1 aliphatic rings. The Labute approximate surface area is 113 Å². The van der Waals surface area contributed by atoms with Crippen molar-refractivity contribution in [2.45, 2.75) is 43.5 Å². The minimum Gasteiger partial charge on any atom is -0.394 e. The smallest absolute Gasteiger partial charge is 0.361 e. The fraction of sp³-hybridized carbons (Fsp3) is 0.800. The third-order valence-electron chi connectivity index (χ3n) is 2.70. The summed E-state index contributed by atoms with van der Waals surface area (Å²) in [7, 11) is 0. The molecule has 0 radical (unpaired) electrons. The van der Waals surface area contributed by atoms with Gasteiger partial charge in [0.05, 0.1) is 6.61 Å². The summed E-state index contributed by atoms with van der Waals surface area (Å²) in [5, 5.41) is 47.5. The van der Waals surface area contributed by atoms with Gasteiger partial charge in [-0.1, -0.05) is 0 Å². The van der Waals surface area contributed by atoms with Crippen molar-refractivity contribution < 1.29 is 49.6 Å². The van der Waals surface area contributed by atoms with Crippen molar-refractivity contribution in [1.82, 2.24) is 0 Å². The zero-order valence-electron chi connectivity index (χ0n) is 10.5. The van der Waals surface area contributed by atoms with Gasteiger partial charge in [-0.25, -0.2) is 19.4 Å². The summed E-state index contributed by atoms with van der Waals surface area (Å²) in [6, 6.07) is 0. The van der Waals surface area contributed by atoms with Crippen LogP contribution < -0.4 is 0 Å². The molecule has 10 nitrogen and oxygen atoms in total. The monoisotopic (exact) mass is 296 g/mol. The highest BCUT2D eigenvalue weighted by Gasteiger charge is 2.53. The Hall–Kier alpha value is -1.30. The van der Waals surface area contributed by atoms with E-state index in [0.717, 1.165) is 6.92 Å². The number of hydrogen-bond donors (Lipinski definition) is 5. The van der Waals surface area contributed by atoms with Crippen molar-refractivity contribution in [3.63, 3.8) is 0 Å². The van der Waals surface area contributed by atoms with Crippen LogP contribution in [0.3, 0.4) is 0 Å². The molecule has 1 saturated heterocycles. The summed E-state index contributed by atoms with van der Waals surface area (Å²) < 4.78 is 4.80. The van der Waals surface area contributed by atoms with E-state index < -0.39 is 55.2 Å². The number of aliphatic hydroxyl groups is 5. The molecule has 5 N–H and O–H groups in total. The summed E-state index contributed by atoms with van der Waals surface area (Å²) >= 11 is 0. The molecule has 1 aliphatic heterocycles. The molecule has 5 atom stereocenters. The van der Waals surface area contributed by atoms with Crippen LogP contribution in [-0.4, -0.2) is 74.3 Å². The van der Waals surface area contributed by atoms with Gasteiger partial charge in [0.1, 0.15) is 30.8 Å². The maximum Gasteiger partial charge on any atom is 0.361 e. The van der Waals surface area contributed by atoms with E-state index in [1.807, 2.05) is 0 Å². The lowest BCUT2D eigenvalue weighted by molar-refractivity contribution is -0.352. The summed E-state index contributed by atoms with van der Waals surface area (Å²) in [6.45, 7) is 0.197. The second-order valence-corrected chi connectivity index (χ2v) is 4.32. The Kier molecular flexibility index (Phi) is 5.39. The van der Waals surface area contributed by atoms with Crippen LogP contribution in [0.15, 0.2) is 0 Å². The molecule has 1 heterocycles. The lowest BCUT2D eigenvalue weighted by atomic mass is 9.91. The first-order valence-corrected chi connectivity index (χ1v) is 5.64. The fourth-order valence-corrected chi connectivity index (χ4v) is 1.71. The van der Waals surface area contributed by atoms with Crippen LogP contribution in [-0.2, 0) is 24.1 Å². The molecular weight excluding hydrogens is 280 g/mol. The highest BCUT2D eigenvalue weighted by molar-refractivity contribution is 5.72. The van der Waals surface area contributed by atoms with Crippen molar-refractivity contribution >= 4 is 11.9 Å². The fourth-order valence-electron chi connectivity index (χ4n) is 1.71. The third kappa shape index (κ3) is 3.62. The lowest BCUT2D eigenvalue weighted by Crippen LogP contribution is -2.65. The van der Waals surface area contributed by atoms with Gasteiger partial charge in [-0.2, -0.15) is 0 Å². The number of rotatable bonds is 3. The average molecular weight is 296 g/mol. The Morgan fingerprint density at radius 3 is 2.30 bits per heavy atom. The predicted octanol–water partition coefficient (Wildman–Crippen LogP) is -3.44. The van der Waals surface area contributed by atoms with Crippen LogP contribution in [0.1, 0.15) is 13.3 Å². The Morgan fingerprint density at radius 1 is 1.20 bits per heavy atom. The molecule has 1 unspecified atom stereocenters. The molecule has 0 aliphatic carbocycles. The molecule has 0 amide bonds. The Morgan fingerprint density at radius 2 is 1.80 bits per heavy atom. The second kappa shape index (κ2) is 6.43. The van der Waals surface area contributed by atoms with Crippen molar-refractivity contribution in [2.24, 2.45) is 0 Å². The molecule has 0 saturated carbocycles. The van der Waals surface area contributed by atoms with E-state index in [-0.39, 0.29) is 0 Å². The zero-order chi connectivity index (χ0) is 15.5. The summed E-state index contributed by atoms with van der Waals surface area (Å²) in [6.07, 6.45) is -7.96. The first-order valence-electron chi connectivity index (χ1n) is 5.64. The van der Waals surface area contributed by atoms with Gasteiger partial charge >= 0.3 is 11.9 Å². The molecule has 0 spiro atoms. The van der Waals surface area contributed by atoms with E-state index in [9.17, 15) is 30.0 Å². The molecule has 116 valence electrons. The standard InChI is InChI=1S/C10H16O10/c1-4(12)19-20-6(13)2-10(17)9(16)8(15)7(14)5(3-11)18-10/h5,7-9,11,14-17H,2-3H2,1H3/t5-,7-,8+,9-,10?/m1/s1. The first kappa shape index (κ1) is 16.8.